The molecule has 134 valence electrons. The van der Waals surface area contributed by atoms with Gasteiger partial charge in [-0.05, 0) is 24.6 Å². The summed E-state index contributed by atoms with van der Waals surface area (Å²) in [4.78, 5) is 26.5. The second-order valence-corrected chi connectivity index (χ2v) is 6.16. The summed E-state index contributed by atoms with van der Waals surface area (Å²) in [7, 11) is 0. The van der Waals surface area contributed by atoms with Crippen LogP contribution in [0.1, 0.15) is 6.42 Å². The van der Waals surface area contributed by atoms with Crippen LogP contribution in [0, 0.1) is 5.82 Å². The Morgan fingerprint density at radius 3 is 3.08 bits per heavy atom. The first-order chi connectivity index (χ1) is 12.6. The van der Waals surface area contributed by atoms with Crippen LogP contribution in [0.15, 0.2) is 36.8 Å². The molecule has 0 unspecified atom stereocenters. The molecule has 0 bridgehead atoms. The summed E-state index contributed by atoms with van der Waals surface area (Å²) in [5.41, 5.74) is 6.64. The van der Waals surface area contributed by atoms with Crippen molar-refractivity contribution in [1.29, 1.82) is 0 Å². The van der Waals surface area contributed by atoms with Crippen LogP contribution < -0.4 is 11.1 Å². The maximum absolute atomic E-state index is 13.5. The molecule has 3 aromatic rings. The Hall–Kier alpha value is -3.07. The highest BCUT2D eigenvalue weighted by molar-refractivity contribution is 5.78. The number of aromatic nitrogens is 4. The van der Waals surface area contributed by atoms with Gasteiger partial charge < -0.3 is 16.0 Å². The molecule has 1 amide bonds. The molecule has 1 aliphatic heterocycles. The second-order valence-electron chi connectivity index (χ2n) is 6.16. The highest BCUT2D eigenvalue weighted by Gasteiger charge is 2.25. The van der Waals surface area contributed by atoms with Gasteiger partial charge in [0.15, 0.2) is 5.82 Å². The lowest BCUT2D eigenvalue weighted by molar-refractivity contribution is -0.128. The van der Waals surface area contributed by atoms with Gasteiger partial charge in [0.25, 0.3) is 0 Å². The molecule has 3 N–H and O–H groups in total. The number of carbonyl (C=O) groups excluding carboxylic acids is 1. The van der Waals surface area contributed by atoms with Crippen molar-refractivity contribution in [3.8, 4) is 11.5 Å². The topological polar surface area (TPSA) is 101 Å². The first kappa shape index (κ1) is 16.4. The molecule has 0 aliphatic carbocycles. The van der Waals surface area contributed by atoms with E-state index < -0.39 is 0 Å². The minimum atomic E-state index is -0.360. The van der Waals surface area contributed by atoms with Gasteiger partial charge in [0, 0.05) is 31.5 Å². The van der Waals surface area contributed by atoms with E-state index in [0.29, 0.717) is 36.1 Å². The van der Waals surface area contributed by atoms with Crippen molar-refractivity contribution in [2.45, 2.75) is 12.5 Å². The molecular formula is C17H18FN7O. The number of carbonyl (C=O) groups is 1. The SMILES string of the molecule is NCC(=O)N1CC[C@@H](Nc2ccnc(-c3cnc4ccc(F)cn34)n2)C1. The minimum Gasteiger partial charge on any atom is -0.365 e. The third-order valence-corrected chi connectivity index (χ3v) is 4.42. The minimum absolute atomic E-state index is 0.0230. The predicted molar refractivity (Wildman–Crippen MR) is 93.8 cm³/mol. The van der Waals surface area contributed by atoms with E-state index >= 15 is 0 Å². The van der Waals surface area contributed by atoms with Crippen molar-refractivity contribution in [2.24, 2.45) is 5.73 Å². The number of nitrogens with two attached hydrogens (primary N) is 1. The van der Waals surface area contributed by atoms with E-state index in [1.807, 2.05) is 0 Å². The Balaban J connectivity index is 1.55. The molecular weight excluding hydrogens is 337 g/mol. The number of likely N-dealkylation sites (tertiary alicyclic amines) is 1. The van der Waals surface area contributed by atoms with Gasteiger partial charge in [0.05, 0.1) is 12.7 Å². The molecule has 4 rings (SSSR count). The van der Waals surface area contributed by atoms with Gasteiger partial charge in [-0.15, -0.1) is 0 Å². The normalized spacial score (nSPS) is 17.0. The molecule has 0 radical (unpaired) electrons. The van der Waals surface area contributed by atoms with E-state index in [4.69, 9.17) is 5.73 Å². The van der Waals surface area contributed by atoms with E-state index in [2.05, 4.69) is 20.3 Å². The van der Waals surface area contributed by atoms with Gasteiger partial charge in [-0.3, -0.25) is 9.20 Å². The Morgan fingerprint density at radius 1 is 1.35 bits per heavy atom. The summed E-state index contributed by atoms with van der Waals surface area (Å²) < 4.78 is 15.2. The lowest BCUT2D eigenvalue weighted by Gasteiger charge is -2.16. The molecule has 8 nitrogen and oxygen atoms in total. The molecule has 26 heavy (non-hydrogen) atoms. The fraction of sp³-hybridized carbons (Fsp3) is 0.294. The summed E-state index contributed by atoms with van der Waals surface area (Å²) in [6.45, 7) is 1.30. The predicted octanol–water partition coefficient (Wildman–Crippen LogP) is 0.902. The fourth-order valence-corrected chi connectivity index (χ4v) is 3.13. The van der Waals surface area contributed by atoms with E-state index in [1.54, 1.807) is 33.8 Å². The molecule has 1 saturated heterocycles. The number of amides is 1. The van der Waals surface area contributed by atoms with Crippen LogP contribution in [0.4, 0.5) is 10.2 Å². The Kier molecular flexibility index (Phi) is 4.21. The summed E-state index contributed by atoms with van der Waals surface area (Å²) in [5.74, 6) is 0.682. The second kappa shape index (κ2) is 6.68. The van der Waals surface area contributed by atoms with E-state index in [0.717, 1.165) is 6.42 Å². The molecule has 4 heterocycles. The Bertz CT molecular complexity index is 957. The van der Waals surface area contributed by atoms with Crippen LogP contribution >= 0.6 is 0 Å². The molecule has 0 spiro atoms. The number of rotatable bonds is 4. The molecule has 0 saturated carbocycles. The van der Waals surface area contributed by atoms with Gasteiger partial charge in [0.1, 0.15) is 23.0 Å². The smallest absolute Gasteiger partial charge is 0.236 e. The number of fused-ring (bicyclic) bond motifs is 1. The largest absolute Gasteiger partial charge is 0.365 e. The third-order valence-electron chi connectivity index (χ3n) is 4.42. The van der Waals surface area contributed by atoms with Crippen LogP contribution in [0.2, 0.25) is 0 Å². The van der Waals surface area contributed by atoms with Crippen LogP contribution in [0.25, 0.3) is 17.2 Å². The number of pyridine rings is 1. The average molecular weight is 355 g/mol. The first-order valence-corrected chi connectivity index (χ1v) is 8.34. The summed E-state index contributed by atoms with van der Waals surface area (Å²) >= 11 is 0. The van der Waals surface area contributed by atoms with Crippen molar-refractivity contribution in [3.05, 3.63) is 42.6 Å². The van der Waals surface area contributed by atoms with Crippen LogP contribution in [-0.4, -0.2) is 55.8 Å². The standard InChI is InChI=1S/C17H18FN7O/c18-11-1-2-15-21-8-13(25(15)9-11)17-20-5-3-14(23-17)22-12-4-6-24(10-12)16(26)7-19/h1-3,5,8-9,12H,4,6-7,10,19H2,(H,20,22,23)/t12-/m1/s1. The number of imidazole rings is 1. The highest BCUT2D eigenvalue weighted by atomic mass is 19.1. The van der Waals surface area contributed by atoms with Crippen LogP contribution in [0.3, 0.4) is 0 Å². The summed E-state index contributed by atoms with van der Waals surface area (Å²) in [6, 6.07) is 4.83. The number of halogens is 1. The molecule has 1 fully saturated rings. The van der Waals surface area contributed by atoms with Gasteiger partial charge >= 0.3 is 0 Å². The van der Waals surface area contributed by atoms with Crippen LogP contribution in [0.5, 0.6) is 0 Å². The molecule has 1 aliphatic rings. The van der Waals surface area contributed by atoms with Crippen molar-refractivity contribution in [1.82, 2.24) is 24.3 Å². The Labute approximate surface area is 148 Å². The molecule has 1 atom stereocenters. The summed E-state index contributed by atoms with van der Waals surface area (Å²) in [5, 5.41) is 3.32. The number of hydrogen-bond donors (Lipinski definition) is 2. The fourth-order valence-electron chi connectivity index (χ4n) is 3.13. The van der Waals surface area contributed by atoms with Crippen molar-refractivity contribution in [2.75, 3.05) is 25.0 Å². The highest BCUT2D eigenvalue weighted by Crippen LogP contribution is 2.20. The average Bonchev–Trinajstić information content (AvgIpc) is 3.28. The number of nitrogens with zero attached hydrogens (tertiary/aromatic N) is 5. The van der Waals surface area contributed by atoms with Crippen LogP contribution in [-0.2, 0) is 4.79 Å². The summed E-state index contributed by atoms with van der Waals surface area (Å²) in [6.07, 6.45) is 5.44. The van der Waals surface area contributed by atoms with E-state index in [1.165, 1.54) is 12.3 Å². The van der Waals surface area contributed by atoms with Gasteiger partial charge in [-0.1, -0.05) is 0 Å². The molecule has 9 heteroatoms. The zero-order valence-corrected chi connectivity index (χ0v) is 14.0. The van der Waals surface area contributed by atoms with Gasteiger partial charge in [0.2, 0.25) is 5.91 Å². The quantitative estimate of drug-likeness (QED) is 0.721. The number of anilines is 1. The number of nitrogens with one attached hydrogen (secondary N) is 1. The van der Waals surface area contributed by atoms with Crippen molar-refractivity contribution >= 4 is 17.4 Å². The zero-order valence-electron chi connectivity index (χ0n) is 14.0. The van der Waals surface area contributed by atoms with Gasteiger partial charge in [-0.2, -0.15) is 0 Å². The third kappa shape index (κ3) is 3.08. The first-order valence-electron chi connectivity index (χ1n) is 8.34. The zero-order chi connectivity index (χ0) is 18.1. The molecule has 0 aromatic carbocycles. The maximum atomic E-state index is 13.5. The van der Waals surface area contributed by atoms with Crippen molar-refractivity contribution in [3.63, 3.8) is 0 Å². The van der Waals surface area contributed by atoms with Crippen molar-refractivity contribution < 1.29 is 9.18 Å². The molecule has 3 aromatic heterocycles. The lowest BCUT2D eigenvalue weighted by atomic mass is 10.2. The number of hydrogen-bond acceptors (Lipinski definition) is 6. The monoisotopic (exact) mass is 355 g/mol. The van der Waals surface area contributed by atoms with E-state index in [-0.39, 0.29) is 24.3 Å². The maximum Gasteiger partial charge on any atom is 0.236 e. The lowest BCUT2D eigenvalue weighted by Crippen LogP contribution is -2.35. The van der Waals surface area contributed by atoms with E-state index in [9.17, 15) is 9.18 Å². The Morgan fingerprint density at radius 2 is 2.23 bits per heavy atom. The van der Waals surface area contributed by atoms with Gasteiger partial charge in [-0.25, -0.2) is 19.3 Å².